The Morgan fingerprint density at radius 1 is 0.958 bits per heavy atom. The van der Waals surface area contributed by atoms with E-state index in [1.165, 1.54) is 14.1 Å². The molecule has 24 heavy (non-hydrogen) atoms. The molecule has 0 radical (unpaired) electrons. The molecule has 0 bridgehead atoms. The fraction of sp³-hybridized carbons (Fsp3) is 0.188. The van der Waals surface area contributed by atoms with Crippen molar-refractivity contribution < 1.29 is 8.42 Å². The number of aromatic nitrogens is 4. The maximum absolute atomic E-state index is 12.2. The first-order chi connectivity index (χ1) is 11.5. The molecule has 0 aliphatic heterocycles. The Morgan fingerprint density at radius 3 is 2.21 bits per heavy atom. The van der Waals surface area contributed by atoms with E-state index >= 15 is 0 Å². The summed E-state index contributed by atoms with van der Waals surface area (Å²) in [4.78, 5) is 0. The van der Waals surface area contributed by atoms with Gasteiger partial charge in [0, 0.05) is 20.5 Å². The SMILES string of the molecule is CN(C)S(=O)(=O)n1nnnc1Cc1ccc(-c2ccccc2)cc1. The van der Waals surface area contributed by atoms with Crippen molar-refractivity contribution in [2.24, 2.45) is 0 Å². The second-order valence-corrected chi connectivity index (χ2v) is 7.44. The molecule has 0 aliphatic carbocycles. The highest BCUT2D eigenvalue weighted by Gasteiger charge is 2.22. The van der Waals surface area contributed by atoms with Crippen LogP contribution in [0.2, 0.25) is 0 Å². The monoisotopic (exact) mass is 343 g/mol. The summed E-state index contributed by atoms with van der Waals surface area (Å²) in [5, 5.41) is 10.9. The normalized spacial score (nSPS) is 11.8. The van der Waals surface area contributed by atoms with Crippen molar-refractivity contribution in [2.45, 2.75) is 6.42 Å². The Kier molecular flexibility index (Phi) is 4.41. The molecule has 3 rings (SSSR count). The van der Waals surface area contributed by atoms with E-state index in [1.54, 1.807) is 0 Å². The van der Waals surface area contributed by atoms with Crippen LogP contribution in [0.1, 0.15) is 11.4 Å². The Balaban J connectivity index is 1.85. The van der Waals surface area contributed by atoms with Gasteiger partial charge in [0.25, 0.3) is 0 Å². The first-order valence-corrected chi connectivity index (χ1v) is 8.73. The zero-order chi connectivity index (χ0) is 17.2. The van der Waals surface area contributed by atoms with E-state index in [0.717, 1.165) is 25.1 Å². The highest BCUT2D eigenvalue weighted by Crippen LogP contribution is 2.20. The maximum atomic E-state index is 12.2. The number of hydrogen-bond acceptors (Lipinski definition) is 5. The summed E-state index contributed by atoms with van der Waals surface area (Å²) in [5.41, 5.74) is 3.16. The van der Waals surface area contributed by atoms with E-state index in [-0.39, 0.29) is 5.82 Å². The van der Waals surface area contributed by atoms with Crippen LogP contribution in [0.5, 0.6) is 0 Å². The van der Waals surface area contributed by atoms with Gasteiger partial charge < -0.3 is 0 Å². The lowest BCUT2D eigenvalue weighted by molar-refractivity contribution is 0.499. The minimum atomic E-state index is -3.72. The summed E-state index contributed by atoms with van der Waals surface area (Å²) >= 11 is 0. The largest absolute Gasteiger partial charge is 0.325 e. The van der Waals surface area contributed by atoms with Gasteiger partial charge in [-0.3, -0.25) is 0 Å². The van der Waals surface area contributed by atoms with Gasteiger partial charge in [0.05, 0.1) is 0 Å². The second kappa shape index (κ2) is 6.50. The van der Waals surface area contributed by atoms with E-state index in [0.29, 0.717) is 6.42 Å². The lowest BCUT2D eigenvalue weighted by atomic mass is 10.0. The predicted octanol–water partition coefficient (Wildman–Crippen LogP) is 1.59. The quantitative estimate of drug-likeness (QED) is 0.703. The molecule has 0 spiro atoms. The molecule has 0 N–H and O–H groups in total. The number of nitrogens with zero attached hydrogens (tertiary/aromatic N) is 5. The smallest absolute Gasteiger partial charge is 0.189 e. The molecule has 0 unspecified atom stereocenters. The van der Waals surface area contributed by atoms with Crippen molar-refractivity contribution in [3.63, 3.8) is 0 Å². The van der Waals surface area contributed by atoms with Crippen LogP contribution in [0, 0.1) is 0 Å². The summed E-state index contributed by atoms with van der Waals surface area (Å²) in [5.74, 6) is 0.274. The first-order valence-electron chi connectivity index (χ1n) is 7.33. The summed E-state index contributed by atoms with van der Waals surface area (Å²) in [7, 11) is -0.842. The van der Waals surface area contributed by atoms with Gasteiger partial charge in [0.2, 0.25) is 0 Å². The predicted molar refractivity (Wildman–Crippen MR) is 90.5 cm³/mol. The molecule has 0 amide bonds. The summed E-state index contributed by atoms with van der Waals surface area (Å²) in [6.07, 6.45) is 0.329. The molecule has 0 saturated heterocycles. The minimum Gasteiger partial charge on any atom is -0.189 e. The van der Waals surface area contributed by atoms with Gasteiger partial charge in [0.1, 0.15) is 0 Å². The lowest BCUT2D eigenvalue weighted by Crippen LogP contribution is -2.31. The van der Waals surface area contributed by atoms with Gasteiger partial charge in [-0.2, -0.15) is 12.7 Å². The molecule has 3 aromatic rings. The van der Waals surface area contributed by atoms with Gasteiger partial charge in [-0.1, -0.05) is 54.6 Å². The average molecular weight is 343 g/mol. The fourth-order valence-electron chi connectivity index (χ4n) is 2.26. The molecule has 7 nitrogen and oxygen atoms in total. The van der Waals surface area contributed by atoms with Gasteiger partial charge in [-0.05, 0) is 27.1 Å². The third kappa shape index (κ3) is 3.19. The minimum absolute atomic E-state index is 0.274. The van der Waals surface area contributed by atoms with Crippen LogP contribution in [-0.4, -0.2) is 46.4 Å². The van der Waals surface area contributed by atoms with E-state index in [4.69, 9.17) is 0 Å². The van der Waals surface area contributed by atoms with Gasteiger partial charge in [-0.25, -0.2) is 0 Å². The molecule has 8 heteroatoms. The van der Waals surface area contributed by atoms with Crippen molar-refractivity contribution >= 4 is 10.2 Å². The second-order valence-electron chi connectivity index (χ2n) is 5.47. The van der Waals surface area contributed by atoms with Crippen molar-refractivity contribution in [3.05, 3.63) is 66.0 Å². The molecular formula is C16H17N5O2S. The van der Waals surface area contributed by atoms with Crippen LogP contribution in [0.3, 0.4) is 0 Å². The first kappa shape index (κ1) is 16.3. The molecular weight excluding hydrogens is 326 g/mol. The average Bonchev–Trinajstić information content (AvgIpc) is 3.05. The number of benzene rings is 2. The highest BCUT2D eigenvalue weighted by atomic mass is 32.2. The third-order valence-corrected chi connectivity index (χ3v) is 5.25. The van der Waals surface area contributed by atoms with Crippen molar-refractivity contribution in [1.82, 2.24) is 23.9 Å². The third-order valence-electron chi connectivity index (χ3n) is 3.61. The zero-order valence-corrected chi connectivity index (χ0v) is 14.2. The molecule has 0 saturated carbocycles. The van der Waals surface area contributed by atoms with E-state index in [9.17, 15) is 8.42 Å². The Hall–Kier alpha value is -2.58. The van der Waals surface area contributed by atoms with Crippen molar-refractivity contribution in [3.8, 4) is 11.1 Å². The van der Waals surface area contributed by atoms with E-state index in [1.807, 2.05) is 54.6 Å². The maximum Gasteiger partial charge on any atom is 0.325 e. The molecule has 0 aliphatic rings. The van der Waals surface area contributed by atoms with Crippen LogP contribution in [0.4, 0.5) is 0 Å². The van der Waals surface area contributed by atoms with Gasteiger partial charge in [-0.15, -0.1) is 9.19 Å². The molecule has 0 atom stereocenters. The van der Waals surface area contributed by atoms with Crippen LogP contribution in [0.25, 0.3) is 11.1 Å². The van der Waals surface area contributed by atoms with Crippen molar-refractivity contribution in [1.29, 1.82) is 0 Å². The number of rotatable bonds is 5. The molecule has 0 fully saturated rings. The molecule has 2 aromatic carbocycles. The summed E-state index contributed by atoms with van der Waals surface area (Å²) < 4.78 is 26.3. The molecule has 124 valence electrons. The Bertz CT molecular complexity index is 919. The summed E-state index contributed by atoms with van der Waals surface area (Å²) in [6.45, 7) is 0. The standard InChI is InChI=1S/C16H17N5O2S/c1-20(2)24(22,23)21-16(17-18-19-21)12-13-8-10-15(11-9-13)14-6-4-3-5-7-14/h3-11H,12H2,1-2H3. The molecule has 1 heterocycles. The summed E-state index contributed by atoms with van der Waals surface area (Å²) in [6, 6.07) is 17.9. The number of tetrazole rings is 1. The van der Waals surface area contributed by atoms with Crippen LogP contribution in [0.15, 0.2) is 54.6 Å². The van der Waals surface area contributed by atoms with Crippen molar-refractivity contribution in [2.75, 3.05) is 14.1 Å². The van der Waals surface area contributed by atoms with E-state index in [2.05, 4.69) is 15.5 Å². The Labute approximate surface area is 140 Å². The van der Waals surface area contributed by atoms with Gasteiger partial charge in [0.15, 0.2) is 5.82 Å². The number of hydrogen-bond donors (Lipinski definition) is 0. The van der Waals surface area contributed by atoms with Crippen LogP contribution >= 0.6 is 0 Å². The zero-order valence-electron chi connectivity index (χ0n) is 13.4. The molecule has 1 aromatic heterocycles. The van der Waals surface area contributed by atoms with E-state index < -0.39 is 10.2 Å². The highest BCUT2D eigenvalue weighted by molar-refractivity contribution is 7.87. The fourth-order valence-corrected chi connectivity index (χ4v) is 3.06. The topological polar surface area (TPSA) is 81.0 Å². The van der Waals surface area contributed by atoms with Crippen LogP contribution in [-0.2, 0) is 16.6 Å². The van der Waals surface area contributed by atoms with Crippen LogP contribution < -0.4 is 0 Å². The Morgan fingerprint density at radius 2 is 1.58 bits per heavy atom. The lowest BCUT2D eigenvalue weighted by Gasteiger charge is -2.11. The van der Waals surface area contributed by atoms with Gasteiger partial charge >= 0.3 is 10.2 Å².